The molecule has 5 atom stereocenters. The number of amides is 2. The van der Waals surface area contributed by atoms with E-state index in [1.165, 1.54) is 0 Å². The molecule has 0 aliphatic carbocycles. The van der Waals surface area contributed by atoms with Gasteiger partial charge in [-0.1, -0.05) is 49.4 Å². The number of nitrogens with zero attached hydrogens (tertiary/aromatic N) is 3. The maximum atomic E-state index is 13.0. The van der Waals surface area contributed by atoms with Gasteiger partial charge in [0.25, 0.3) is 0 Å². The van der Waals surface area contributed by atoms with Gasteiger partial charge in [0.05, 0.1) is 18.8 Å². The molecule has 246 valence electrons. The third-order valence-electron chi connectivity index (χ3n) is 8.60. The number of aromatic nitrogens is 1. The lowest BCUT2D eigenvalue weighted by Gasteiger charge is -2.42. The van der Waals surface area contributed by atoms with Crippen LogP contribution in [0.5, 0.6) is 0 Å². The lowest BCUT2D eigenvalue weighted by Crippen LogP contribution is -2.48. The van der Waals surface area contributed by atoms with Gasteiger partial charge in [-0.25, -0.2) is 0 Å². The largest absolute Gasteiger partial charge is 0.471 e. The molecule has 0 unspecified atom stereocenters. The van der Waals surface area contributed by atoms with E-state index in [9.17, 15) is 27.9 Å². The van der Waals surface area contributed by atoms with E-state index in [1.807, 2.05) is 49.5 Å². The second-order valence-corrected chi connectivity index (χ2v) is 11.9. The Hall–Kier alpha value is -3.84. The molecule has 2 aromatic carbocycles. The van der Waals surface area contributed by atoms with E-state index in [-0.39, 0.29) is 37.7 Å². The van der Waals surface area contributed by atoms with Crippen LogP contribution in [0, 0.1) is 5.92 Å². The Morgan fingerprint density at radius 2 is 1.76 bits per heavy atom. The van der Waals surface area contributed by atoms with E-state index in [2.05, 4.69) is 22.1 Å². The molecule has 1 aromatic heterocycles. The molecule has 3 aromatic rings. The van der Waals surface area contributed by atoms with Gasteiger partial charge in [0.15, 0.2) is 6.29 Å². The van der Waals surface area contributed by atoms with E-state index in [0.29, 0.717) is 29.1 Å². The number of hydrogen-bond acceptors (Lipinski definition) is 7. The molecule has 12 heteroatoms. The third kappa shape index (κ3) is 8.11. The molecule has 5 rings (SSSR count). The average Bonchev–Trinajstić information content (AvgIpc) is 3.55. The Labute approximate surface area is 266 Å². The van der Waals surface area contributed by atoms with Crippen molar-refractivity contribution in [1.82, 2.24) is 14.8 Å². The molecule has 2 aliphatic heterocycles. The summed E-state index contributed by atoms with van der Waals surface area (Å²) in [5.41, 5.74) is 3.85. The number of carbonyl (C=O) groups excluding carboxylic acids is 2. The maximum Gasteiger partial charge on any atom is 0.471 e. The molecule has 2 fully saturated rings. The lowest BCUT2D eigenvalue weighted by molar-refractivity contribution is -0.275. The first-order valence-corrected chi connectivity index (χ1v) is 15.4. The summed E-state index contributed by atoms with van der Waals surface area (Å²) >= 11 is 0. The number of halogens is 3. The van der Waals surface area contributed by atoms with Crippen molar-refractivity contribution in [2.75, 3.05) is 32.0 Å². The first-order valence-electron chi connectivity index (χ1n) is 15.4. The highest BCUT2D eigenvalue weighted by Crippen LogP contribution is 2.42. The molecular weight excluding hydrogens is 601 g/mol. The van der Waals surface area contributed by atoms with Gasteiger partial charge in [-0.2, -0.15) is 13.2 Å². The maximum absolute atomic E-state index is 13.0. The molecule has 9 nitrogen and oxygen atoms in total. The first kappa shape index (κ1) is 33.5. The zero-order chi connectivity index (χ0) is 32.8. The number of aliphatic hydroxyl groups excluding tert-OH is 1. The van der Waals surface area contributed by atoms with Gasteiger partial charge < -0.3 is 29.7 Å². The van der Waals surface area contributed by atoms with Gasteiger partial charge in [0.2, 0.25) is 5.91 Å². The number of nitrogens with one attached hydrogen (secondary N) is 1. The number of rotatable bonds is 10. The lowest BCUT2D eigenvalue weighted by atomic mass is 9.90. The highest BCUT2D eigenvalue weighted by atomic mass is 19.4. The average molecular weight is 641 g/mol. The Morgan fingerprint density at radius 1 is 1.04 bits per heavy atom. The van der Waals surface area contributed by atoms with Crippen molar-refractivity contribution >= 4 is 17.5 Å². The van der Waals surface area contributed by atoms with Crippen molar-refractivity contribution in [3.05, 3.63) is 95.3 Å². The number of likely N-dealkylation sites (tertiary alicyclic amines) is 1. The minimum absolute atomic E-state index is 0.0131. The summed E-state index contributed by atoms with van der Waals surface area (Å²) in [6, 6.07) is 19.1. The summed E-state index contributed by atoms with van der Waals surface area (Å²) in [4.78, 5) is 31.9. The monoisotopic (exact) mass is 640 g/mol. The molecule has 2 N–H and O–H groups in total. The van der Waals surface area contributed by atoms with E-state index >= 15 is 0 Å². The van der Waals surface area contributed by atoms with Gasteiger partial charge in [-0.15, -0.1) is 0 Å². The van der Waals surface area contributed by atoms with Crippen molar-refractivity contribution in [3.8, 4) is 0 Å². The highest BCUT2D eigenvalue weighted by Gasteiger charge is 2.47. The van der Waals surface area contributed by atoms with Gasteiger partial charge in [0.1, 0.15) is 6.04 Å². The standard InChI is InChI=1S/C34H39F3N4O5/c1-22-29(20-40(2)19-16-26-6-3-4-17-38-26)45-32(46-30(22)24-10-8-23(21-42)9-11-24)25-12-14-27(15-13-25)39-31(43)28-7-5-18-41(28)33(44)34(35,36)37/h3-4,6,8-15,17,22,28-30,32,42H,5,7,16,18-21H2,1-2H3,(H,39,43)/t22-,28-,29+,30+,32+/m0/s1. The normalized spacial score (nSPS) is 23.5. The highest BCUT2D eigenvalue weighted by molar-refractivity contribution is 5.98. The van der Waals surface area contributed by atoms with Crippen LogP contribution >= 0.6 is 0 Å². The van der Waals surface area contributed by atoms with E-state index in [1.54, 1.807) is 30.5 Å². The zero-order valence-corrected chi connectivity index (χ0v) is 25.8. The topological polar surface area (TPSA) is 104 Å². The van der Waals surface area contributed by atoms with Crippen molar-refractivity contribution < 1.29 is 37.3 Å². The number of aliphatic hydroxyl groups is 1. The van der Waals surface area contributed by atoms with Crippen LogP contribution in [0.2, 0.25) is 0 Å². The second-order valence-electron chi connectivity index (χ2n) is 11.9. The number of likely N-dealkylation sites (N-methyl/N-ethyl adjacent to an activating group) is 1. The number of hydrogen-bond donors (Lipinski definition) is 2. The fraction of sp³-hybridized carbons (Fsp3) is 0.441. The molecule has 3 heterocycles. The molecule has 0 radical (unpaired) electrons. The summed E-state index contributed by atoms with van der Waals surface area (Å²) in [5, 5.41) is 12.2. The van der Waals surface area contributed by atoms with Crippen LogP contribution in [-0.4, -0.2) is 76.7 Å². The van der Waals surface area contributed by atoms with E-state index < -0.39 is 30.3 Å². The number of anilines is 1. The summed E-state index contributed by atoms with van der Waals surface area (Å²) < 4.78 is 52.1. The van der Waals surface area contributed by atoms with Gasteiger partial charge in [0, 0.05) is 55.1 Å². The number of ether oxygens (including phenoxy) is 2. The van der Waals surface area contributed by atoms with Crippen LogP contribution in [-0.2, 0) is 32.1 Å². The number of benzene rings is 2. The van der Waals surface area contributed by atoms with Crippen molar-refractivity contribution in [2.24, 2.45) is 5.92 Å². The summed E-state index contributed by atoms with van der Waals surface area (Å²) in [6.45, 7) is 3.34. The predicted octanol–water partition coefficient (Wildman–Crippen LogP) is 5.03. The molecule has 2 saturated heterocycles. The first-order chi connectivity index (χ1) is 22.0. The number of carbonyl (C=O) groups is 2. The molecule has 2 aliphatic rings. The smallest absolute Gasteiger partial charge is 0.392 e. The summed E-state index contributed by atoms with van der Waals surface area (Å²) in [5.74, 6) is -2.68. The number of alkyl halides is 3. The number of pyridine rings is 1. The SMILES string of the molecule is C[C@H]1[C@@H](CN(C)CCc2ccccn2)O[C@@H](c2ccc(NC(=O)[C@@H]3CCCN3C(=O)C(F)(F)F)cc2)O[C@H]1c1ccc(CO)cc1. The van der Waals surface area contributed by atoms with Gasteiger partial charge in [-0.05, 0) is 55.3 Å². The van der Waals surface area contributed by atoms with E-state index in [0.717, 1.165) is 29.8 Å². The summed E-state index contributed by atoms with van der Waals surface area (Å²) in [7, 11) is 2.04. The molecule has 2 amide bonds. The zero-order valence-electron chi connectivity index (χ0n) is 25.8. The quantitative estimate of drug-likeness (QED) is 0.321. The van der Waals surface area contributed by atoms with Crippen LogP contribution < -0.4 is 5.32 Å². The van der Waals surface area contributed by atoms with Crippen LogP contribution in [0.1, 0.15) is 54.5 Å². The molecular formula is C34H39F3N4O5. The van der Waals surface area contributed by atoms with E-state index in [4.69, 9.17) is 9.47 Å². The fourth-order valence-electron chi connectivity index (χ4n) is 5.97. The van der Waals surface area contributed by atoms with Crippen molar-refractivity contribution in [3.63, 3.8) is 0 Å². The Kier molecular flexibility index (Phi) is 10.7. The van der Waals surface area contributed by atoms with Crippen LogP contribution in [0.4, 0.5) is 18.9 Å². The van der Waals surface area contributed by atoms with Crippen LogP contribution in [0.15, 0.2) is 72.9 Å². The second kappa shape index (κ2) is 14.7. The minimum atomic E-state index is -5.04. The van der Waals surface area contributed by atoms with Crippen LogP contribution in [0.25, 0.3) is 0 Å². The Balaban J connectivity index is 1.29. The molecule has 0 saturated carbocycles. The predicted molar refractivity (Wildman–Crippen MR) is 164 cm³/mol. The van der Waals surface area contributed by atoms with Crippen LogP contribution in [0.3, 0.4) is 0 Å². The Bertz CT molecular complexity index is 1460. The molecule has 46 heavy (non-hydrogen) atoms. The third-order valence-corrected chi connectivity index (χ3v) is 8.60. The minimum Gasteiger partial charge on any atom is -0.392 e. The van der Waals surface area contributed by atoms with Crippen molar-refractivity contribution in [2.45, 2.75) is 63.5 Å². The van der Waals surface area contributed by atoms with Gasteiger partial charge in [-0.3, -0.25) is 14.6 Å². The molecule has 0 bridgehead atoms. The fourth-order valence-corrected chi connectivity index (χ4v) is 5.97. The van der Waals surface area contributed by atoms with Gasteiger partial charge >= 0.3 is 12.1 Å². The van der Waals surface area contributed by atoms with Crippen molar-refractivity contribution in [1.29, 1.82) is 0 Å². The Morgan fingerprint density at radius 3 is 2.41 bits per heavy atom. The molecule has 0 spiro atoms. The summed E-state index contributed by atoms with van der Waals surface area (Å²) in [6.07, 6.45) is -3.22.